The lowest BCUT2D eigenvalue weighted by Crippen LogP contribution is -2.43. The lowest BCUT2D eigenvalue weighted by atomic mass is 9.81. The van der Waals surface area contributed by atoms with E-state index in [-0.39, 0.29) is 29.9 Å². The number of hydrogen-bond acceptors (Lipinski definition) is 5. The molecule has 1 fully saturated rings. The second kappa shape index (κ2) is 8.54. The highest BCUT2D eigenvalue weighted by atomic mass is 16.5. The molecule has 2 heterocycles. The number of pyridine rings is 1. The summed E-state index contributed by atoms with van der Waals surface area (Å²) in [4.78, 5) is 27.3. The highest BCUT2D eigenvalue weighted by molar-refractivity contribution is 5.81. The average Bonchev–Trinajstić information content (AvgIpc) is 2.71. The van der Waals surface area contributed by atoms with Gasteiger partial charge in [0, 0.05) is 43.2 Å². The Morgan fingerprint density at radius 3 is 2.81 bits per heavy atom. The number of methoxy groups -OCH3 is 1. The van der Waals surface area contributed by atoms with Crippen molar-refractivity contribution in [2.45, 2.75) is 25.7 Å². The van der Waals surface area contributed by atoms with E-state index in [4.69, 9.17) is 9.47 Å². The molecule has 27 heavy (non-hydrogen) atoms. The van der Waals surface area contributed by atoms with Crippen molar-refractivity contribution in [2.75, 3.05) is 33.5 Å². The Morgan fingerprint density at radius 1 is 1.33 bits per heavy atom. The Morgan fingerprint density at radius 2 is 2.11 bits per heavy atom. The van der Waals surface area contributed by atoms with Crippen molar-refractivity contribution >= 4 is 16.8 Å². The molecule has 1 saturated heterocycles. The number of H-pyrrole nitrogens is 1. The number of rotatable bonds is 7. The van der Waals surface area contributed by atoms with Crippen LogP contribution in [0.1, 0.15) is 24.8 Å². The SMILES string of the molecule is COc1ccc2cc(CCC(=O)NCC3(CO)CCOCC3)c(=O)[nH]c2c1. The van der Waals surface area contributed by atoms with Gasteiger partial charge in [0.1, 0.15) is 5.75 Å². The molecule has 0 aliphatic carbocycles. The lowest BCUT2D eigenvalue weighted by Gasteiger charge is -2.35. The molecule has 7 nitrogen and oxygen atoms in total. The van der Waals surface area contributed by atoms with Gasteiger partial charge in [0.2, 0.25) is 5.91 Å². The van der Waals surface area contributed by atoms with Crippen LogP contribution in [0.3, 0.4) is 0 Å². The minimum atomic E-state index is -0.298. The number of amides is 1. The molecule has 0 spiro atoms. The fourth-order valence-electron chi connectivity index (χ4n) is 3.36. The number of carbonyl (C=O) groups excluding carboxylic acids is 1. The number of ether oxygens (including phenoxy) is 2. The van der Waals surface area contributed by atoms with E-state index >= 15 is 0 Å². The molecular weight excluding hydrogens is 348 g/mol. The third kappa shape index (κ3) is 4.67. The third-order valence-electron chi connectivity index (χ3n) is 5.30. The van der Waals surface area contributed by atoms with E-state index in [1.807, 2.05) is 18.2 Å². The molecule has 1 aliphatic heterocycles. The van der Waals surface area contributed by atoms with E-state index in [1.54, 1.807) is 13.2 Å². The van der Waals surface area contributed by atoms with Crippen LogP contribution in [0.2, 0.25) is 0 Å². The van der Waals surface area contributed by atoms with Crippen LogP contribution in [-0.4, -0.2) is 49.5 Å². The maximum atomic E-state index is 12.3. The number of aliphatic hydroxyl groups excluding tert-OH is 1. The first kappa shape index (κ1) is 19.4. The predicted octanol–water partition coefficient (Wildman–Crippen LogP) is 1.37. The molecule has 0 bridgehead atoms. The largest absolute Gasteiger partial charge is 0.497 e. The Kier molecular flexibility index (Phi) is 6.13. The normalized spacial score (nSPS) is 16.2. The van der Waals surface area contributed by atoms with E-state index in [2.05, 4.69) is 10.3 Å². The molecule has 146 valence electrons. The molecule has 0 radical (unpaired) electrons. The van der Waals surface area contributed by atoms with Gasteiger partial charge >= 0.3 is 0 Å². The second-order valence-corrected chi connectivity index (χ2v) is 7.12. The number of aromatic nitrogens is 1. The zero-order valence-electron chi connectivity index (χ0n) is 15.5. The van der Waals surface area contributed by atoms with Gasteiger partial charge < -0.3 is 24.9 Å². The van der Waals surface area contributed by atoms with Crippen molar-refractivity contribution in [1.29, 1.82) is 0 Å². The molecular formula is C20H26N2O5. The Hall–Kier alpha value is -2.38. The van der Waals surface area contributed by atoms with Gasteiger partial charge in [0.25, 0.3) is 5.56 Å². The summed E-state index contributed by atoms with van der Waals surface area (Å²) in [7, 11) is 1.58. The van der Waals surface area contributed by atoms with Crippen molar-refractivity contribution in [3.05, 3.63) is 40.2 Å². The molecule has 1 aliphatic rings. The quantitative estimate of drug-likeness (QED) is 0.680. The van der Waals surface area contributed by atoms with Crippen LogP contribution in [0.15, 0.2) is 29.1 Å². The van der Waals surface area contributed by atoms with Crippen LogP contribution in [0.5, 0.6) is 5.75 Å². The number of nitrogens with one attached hydrogen (secondary N) is 2. The minimum Gasteiger partial charge on any atom is -0.497 e. The van der Waals surface area contributed by atoms with Gasteiger partial charge in [-0.1, -0.05) is 0 Å². The summed E-state index contributed by atoms with van der Waals surface area (Å²) in [5.74, 6) is 0.555. The van der Waals surface area contributed by atoms with Crippen LogP contribution in [0.4, 0.5) is 0 Å². The van der Waals surface area contributed by atoms with E-state index in [1.165, 1.54) is 0 Å². The van der Waals surface area contributed by atoms with E-state index in [9.17, 15) is 14.7 Å². The molecule has 7 heteroatoms. The van der Waals surface area contributed by atoms with Crippen molar-refractivity contribution < 1.29 is 19.4 Å². The Balaban J connectivity index is 1.59. The van der Waals surface area contributed by atoms with Crippen molar-refractivity contribution in [3.63, 3.8) is 0 Å². The summed E-state index contributed by atoms with van der Waals surface area (Å²) < 4.78 is 10.5. The maximum Gasteiger partial charge on any atom is 0.251 e. The van der Waals surface area contributed by atoms with Gasteiger partial charge in [-0.3, -0.25) is 9.59 Å². The number of hydrogen-bond donors (Lipinski definition) is 3. The molecule has 3 N–H and O–H groups in total. The molecule has 0 saturated carbocycles. The van der Waals surface area contributed by atoms with Gasteiger partial charge in [0.15, 0.2) is 0 Å². The van der Waals surface area contributed by atoms with Gasteiger partial charge in [-0.25, -0.2) is 0 Å². The molecule has 0 atom stereocenters. The molecule has 2 aromatic rings. The molecule has 1 amide bonds. The maximum absolute atomic E-state index is 12.3. The van der Waals surface area contributed by atoms with Crippen LogP contribution in [-0.2, 0) is 16.0 Å². The molecule has 0 unspecified atom stereocenters. The molecule has 1 aromatic heterocycles. The van der Waals surface area contributed by atoms with Crippen LogP contribution in [0.25, 0.3) is 10.9 Å². The highest BCUT2D eigenvalue weighted by Crippen LogP contribution is 2.29. The first-order valence-electron chi connectivity index (χ1n) is 9.20. The summed E-state index contributed by atoms with van der Waals surface area (Å²) in [6, 6.07) is 7.30. The Labute approximate surface area is 157 Å². The summed E-state index contributed by atoms with van der Waals surface area (Å²) in [5.41, 5.74) is 0.787. The number of fused-ring (bicyclic) bond motifs is 1. The number of aromatic amines is 1. The average molecular weight is 374 g/mol. The zero-order chi connectivity index (χ0) is 19.3. The van der Waals surface area contributed by atoms with Crippen LogP contribution in [0, 0.1) is 5.41 Å². The number of benzene rings is 1. The first-order chi connectivity index (χ1) is 13.0. The molecule has 1 aromatic carbocycles. The van der Waals surface area contributed by atoms with Crippen molar-refractivity contribution in [1.82, 2.24) is 10.3 Å². The van der Waals surface area contributed by atoms with E-state index < -0.39 is 0 Å². The van der Waals surface area contributed by atoms with E-state index in [0.29, 0.717) is 43.0 Å². The van der Waals surface area contributed by atoms with Gasteiger partial charge in [0.05, 0.1) is 19.2 Å². The monoisotopic (exact) mass is 374 g/mol. The van der Waals surface area contributed by atoms with Crippen molar-refractivity contribution in [3.8, 4) is 5.75 Å². The fraction of sp³-hybridized carbons (Fsp3) is 0.500. The zero-order valence-corrected chi connectivity index (χ0v) is 15.5. The predicted molar refractivity (Wildman–Crippen MR) is 102 cm³/mol. The lowest BCUT2D eigenvalue weighted by molar-refractivity contribution is -0.122. The Bertz CT molecular complexity index is 855. The summed E-state index contributed by atoms with van der Waals surface area (Å²) >= 11 is 0. The smallest absolute Gasteiger partial charge is 0.251 e. The number of aryl methyl sites for hydroxylation is 1. The van der Waals surface area contributed by atoms with Gasteiger partial charge in [-0.15, -0.1) is 0 Å². The van der Waals surface area contributed by atoms with Crippen LogP contribution >= 0.6 is 0 Å². The second-order valence-electron chi connectivity index (χ2n) is 7.12. The summed E-state index contributed by atoms with van der Waals surface area (Å²) in [6.45, 7) is 1.67. The molecule has 3 rings (SSSR count). The third-order valence-corrected chi connectivity index (χ3v) is 5.30. The van der Waals surface area contributed by atoms with Crippen molar-refractivity contribution in [2.24, 2.45) is 5.41 Å². The fourth-order valence-corrected chi connectivity index (χ4v) is 3.36. The number of carbonyl (C=O) groups is 1. The van der Waals surface area contributed by atoms with Gasteiger partial charge in [-0.05, 0) is 42.8 Å². The summed E-state index contributed by atoms with van der Waals surface area (Å²) in [6.07, 6.45) is 2.05. The minimum absolute atomic E-state index is 0.0322. The summed E-state index contributed by atoms with van der Waals surface area (Å²) in [5, 5.41) is 13.5. The van der Waals surface area contributed by atoms with Gasteiger partial charge in [-0.2, -0.15) is 0 Å². The first-order valence-corrected chi connectivity index (χ1v) is 9.20. The highest BCUT2D eigenvalue weighted by Gasteiger charge is 2.32. The van der Waals surface area contributed by atoms with E-state index in [0.717, 1.165) is 18.2 Å². The topological polar surface area (TPSA) is 101 Å². The van der Waals surface area contributed by atoms with Crippen LogP contribution < -0.4 is 15.6 Å². The standard InChI is InChI=1S/C20H26N2O5/c1-26-16-4-2-14-10-15(19(25)22-17(14)11-16)3-5-18(24)21-12-20(13-23)6-8-27-9-7-20/h2,4,10-11,23H,3,5-9,12-13H2,1H3,(H,21,24)(H,22,25). The number of aliphatic hydroxyl groups is 1.